The Morgan fingerprint density at radius 3 is 2.94 bits per heavy atom. The molecular formula is C13H24N2O2S. The number of rotatable bonds is 9. The largest absolute Gasteiger partial charge is 0.389 e. The van der Waals surface area contributed by atoms with Crippen LogP contribution in [0.1, 0.15) is 30.3 Å². The van der Waals surface area contributed by atoms with Gasteiger partial charge in [0.15, 0.2) is 0 Å². The van der Waals surface area contributed by atoms with E-state index >= 15 is 0 Å². The van der Waals surface area contributed by atoms with Gasteiger partial charge < -0.3 is 9.84 Å². The van der Waals surface area contributed by atoms with Gasteiger partial charge in [-0.05, 0) is 20.4 Å². The van der Waals surface area contributed by atoms with Crippen LogP contribution in [0.5, 0.6) is 0 Å². The highest BCUT2D eigenvalue weighted by molar-refractivity contribution is 7.09. The number of likely N-dealkylation sites (N-methyl/N-ethyl adjacent to an activating group) is 1. The molecule has 1 atom stereocenters. The summed E-state index contributed by atoms with van der Waals surface area (Å²) in [5, 5.41) is 9.84. The number of aliphatic hydroxyl groups is 1. The molecule has 0 saturated carbocycles. The van der Waals surface area contributed by atoms with Crippen molar-refractivity contribution in [1.82, 2.24) is 9.88 Å². The van der Waals surface area contributed by atoms with Gasteiger partial charge >= 0.3 is 0 Å². The standard InChI is InChI=1S/C13H24N2O2S/c1-4-5-6-17-9-12(16)7-15(3)8-13-11(2)14-10-18-13/h10,12,16H,4-9H2,1-3H3. The van der Waals surface area contributed by atoms with E-state index in [1.165, 1.54) is 4.88 Å². The van der Waals surface area contributed by atoms with Gasteiger partial charge in [0.1, 0.15) is 0 Å². The molecule has 0 aliphatic heterocycles. The minimum absolute atomic E-state index is 0.417. The number of hydrogen-bond acceptors (Lipinski definition) is 5. The van der Waals surface area contributed by atoms with Crippen LogP contribution in [-0.4, -0.2) is 47.9 Å². The van der Waals surface area contributed by atoms with Crippen molar-refractivity contribution in [3.63, 3.8) is 0 Å². The Morgan fingerprint density at radius 2 is 2.33 bits per heavy atom. The van der Waals surface area contributed by atoms with Crippen molar-refractivity contribution < 1.29 is 9.84 Å². The molecule has 4 nitrogen and oxygen atoms in total. The van der Waals surface area contributed by atoms with Gasteiger partial charge in [-0.1, -0.05) is 13.3 Å². The SMILES string of the molecule is CCCCOCC(O)CN(C)Cc1scnc1C. The molecule has 0 bridgehead atoms. The van der Waals surface area contributed by atoms with Crippen LogP contribution in [0, 0.1) is 6.92 Å². The molecule has 0 spiro atoms. The molecule has 0 aromatic carbocycles. The van der Waals surface area contributed by atoms with Crippen LogP contribution in [0.15, 0.2) is 5.51 Å². The zero-order valence-corrected chi connectivity index (χ0v) is 12.4. The molecule has 1 heterocycles. The van der Waals surface area contributed by atoms with E-state index in [4.69, 9.17) is 4.74 Å². The first-order valence-electron chi connectivity index (χ1n) is 6.46. The van der Waals surface area contributed by atoms with Crippen molar-refractivity contribution >= 4 is 11.3 Å². The average Bonchev–Trinajstić information content (AvgIpc) is 2.70. The lowest BCUT2D eigenvalue weighted by molar-refractivity contribution is 0.0189. The van der Waals surface area contributed by atoms with Crippen molar-refractivity contribution in [2.75, 3.05) is 26.8 Å². The molecule has 18 heavy (non-hydrogen) atoms. The van der Waals surface area contributed by atoms with Gasteiger partial charge in [-0.25, -0.2) is 4.98 Å². The number of nitrogens with zero attached hydrogens (tertiary/aromatic N) is 2. The van der Waals surface area contributed by atoms with Gasteiger partial charge in [0.2, 0.25) is 0 Å². The predicted molar refractivity (Wildman–Crippen MR) is 74.9 cm³/mol. The molecule has 0 aliphatic carbocycles. The zero-order chi connectivity index (χ0) is 13.4. The van der Waals surface area contributed by atoms with Gasteiger partial charge in [0.25, 0.3) is 0 Å². The second kappa shape index (κ2) is 8.58. The number of unbranched alkanes of at least 4 members (excludes halogenated alkanes) is 1. The fraction of sp³-hybridized carbons (Fsp3) is 0.769. The third-order valence-corrected chi connectivity index (χ3v) is 3.65. The third kappa shape index (κ3) is 5.91. The van der Waals surface area contributed by atoms with Crippen LogP contribution in [0.4, 0.5) is 0 Å². The molecule has 1 unspecified atom stereocenters. The summed E-state index contributed by atoms with van der Waals surface area (Å²) in [6, 6.07) is 0. The topological polar surface area (TPSA) is 45.6 Å². The molecule has 5 heteroatoms. The molecule has 1 aromatic heterocycles. The summed E-state index contributed by atoms with van der Waals surface area (Å²) in [6.07, 6.45) is 1.77. The van der Waals surface area contributed by atoms with Crippen LogP contribution in [0.2, 0.25) is 0 Å². The Hall–Kier alpha value is -0.490. The van der Waals surface area contributed by atoms with Gasteiger partial charge in [0, 0.05) is 24.6 Å². The Kier molecular flexibility index (Phi) is 7.42. The second-order valence-corrected chi connectivity index (χ2v) is 5.58. The third-order valence-electron chi connectivity index (χ3n) is 2.73. The highest BCUT2D eigenvalue weighted by Crippen LogP contribution is 2.14. The van der Waals surface area contributed by atoms with Crippen molar-refractivity contribution in [3.8, 4) is 0 Å². The Bertz CT molecular complexity index is 331. The molecule has 0 amide bonds. The van der Waals surface area contributed by atoms with Gasteiger partial charge in [0.05, 0.1) is 23.9 Å². The van der Waals surface area contributed by atoms with Gasteiger partial charge in [-0.2, -0.15) is 0 Å². The first-order valence-corrected chi connectivity index (χ1v) is 7.34. The average molecular weight is 272 g/mol. The summed E-state index contributed by atoms with van der Waals surface area (Å²) >= 11 is 1.66. The van der Waals surface area contributed by atoms with Crippen molar-refractivity contribution in [1.29, 1.82) is 0 Å². The summed E-state index contributed by atoms with van der Waals surface area (Å²) in [6.45, 7) is 6.78. The number of aryl methyl sites for hydroxylation is 1. The van der Waals surface area contributed by atoms with Crippen LogP contribution in [-0.2, 0) is 11.3 Å². The van der Waals surface area contributed by atoms with E-state index in [0.29, 0.717) is 13.2 Å². The first-order chi connectivity index (χ1) is 8.63. The quantitative estimate of drug-likeness (QED) is 0.699. The maximum absolute atomic E-state index is 9.84. The molecule has 0 fully saturated rings. The molecule has 1 rings (SSSR count). The van der Waals surface area contributed by atoms with E-state index in [9.17, 15) is 5.11 Å². The van der Waals surface area contributed by atoms with Crippen LogP contribution in [0.3, 0.4) is 0 Å². The Balaban J connectivity index is 2.19. The number of aromatic nitrogens is 1. The number of hydrogen-bond donors (Lipinski definition) is 1. The highest BCUT2D eigenvalue weighted by Gasteiger charge is 2.10. The number of aliphatic hydroxyl groups excluding tert-OH is 1. The number of thiazole rings is 1. The Morgan fingerprint density at radius 1 is 1.56 bits per heavy atom. The van der Waals surface area contributed by atoms with Crippen molar-refractivity contribution in [3.05, 3.63) is 16.1 Å². The molecule has 0 saturated heterocycles. The fourth-order valence-corrected chi connectivity index (χ4v) is 2.52. The normalized spacial score (nSPS) is 13.2. The molecular weight excluding hydrogens is 248 g/mol. The maximum atomic E-state index is 9.84. The molecule has 0 aliphatic rings. The summed E-state index contributed by atoms with van der Waals surface area (Å²) in [7, 11) is 2.01. The summed E-state index contributed by atoms with van der Waals surface area (Å²) in [5.74, 6) is 0. The van der Waals surface area contributed by atoms with E-state index in [1.54, 1.807) is 11.3 Å². The number of ether oxygens (including phenoxy) is 1. The Labute approximate surface area is 114 Å². The maximum Gasteiger partial charge on any atom is 0.0900 e. The van der Waals surface area contributed by atoms with E-state index in [-0.39, 0.29) is 0 Å². The van der Waals surface area contributed by atoms with E-state index in [0.717, 1.165) is 31.7 Å². The lowest BCUT2D eigenvalue weighted by Gasteiger charge is -2.20. The van der Waals surface area contributed by atoms with Crippen molar-refractivity contribution in [2.45, 2.75) is 39.3 Å². The molecule has 1 N–H and O–H groups in total. The van der Waals surface area contributed by atoms with Gasteiger partial charge in [-0.15, -0.1) is 11.3 Å². The smallest absolute Gasteiger partial charge is 0.0900 e. The zero-order valence-electron chi connectivity index (χ0n) is 11.6. The minimum Gasteiger partial charge on any atom is -0.389 e. The van der Waals surface area contributed by atoms with Gasteiger partial charge in [-0.3, -0.25) is 4.90 Å². The highest BCUT2D eigenvalue weighted by atomic mass is 32.1. The van der Waals surface area contributed by atoms with Crippen molar-refractivity contribution in [2.24, 2.45) is 0 Å². The van der Waals surface area contributed by atoms with E-state index in [2.05, 4.69) is 16.8 Å². The monoisotopic (exact) mass is 272 g/mol. The van der Waals surface area contributed by atoms with Crippen LogP contribution in [0.25, 0.3) is 0 Å². The molecule has 1 aromatic rings. The van der Waals surface area contributed by atoms with Crippen LogP contribution < -0.4 is 0 Å². The molecule has 104 valence electrons. The lowest BCUT2D eigenvalue weighted by atomic mass is 10.3. The molecule has 0 radical (unpaired) electrons. The van der Waals surface area contributed by atoms with E-state index in [1.807, 2.05) is 19.5 Å². The van der Waals surface area contributed by atoms with E-state index < -0.39 is 6.10 Å². The van der Waals surface area contributed by atoms with Crippen LogP contribution >= 0.6 is 11.3 Å². The summed E-state index contributed by atoms with van der Waals surface area (Å²) in [4.78, 5) is 7.59. The lowest BCUT2D eigenvalue weighted by Crippen LogP contribution is -2.32. The predicted octanol–water partition coefficient (Wildman–Crippen LogP) is 2.06. The summed E-state index contributed by atoms with van der Waals surface area (Å²) < 4.78 is 5.41. The second-order valence-electron chi connectivity index (χ2n) is 4.64. The minimum atomic E-state index is -0.417. The first kappa shape index (κ1) is 15.6. The fourth-order valence-electron chi connectivity index (χ4n) is 1.67. The summed E-state index contributed by atoms with van der Waals surface area (Å²) in [5.41, 5.74) is 2.95.